The summed E-state index contributed by atoms with van der Waals surface area (Å²) < 4.78 is 41.3. The second-order valence-electron chi connectivity index (χ2n) is 4.74. The van der Waals surface area contributed by atoms with Gasteiger partial charge in [-0.2, -0.15) is 0 Å². The molecule has 1 heterocycles. The highest BCUT2D eigenvalue weighted by molar-refractivity contribution is 5.97. The highest BCUT2D eigenvalue weighted by Gasteiger charge is 2.11. The second kappa shape index (κ2) is 5.09. The van der Waals surface area contributed by atoms with Crippen LogP contribution in [0.1, 0.15) is 11.1 Å². The number of aromatic nitrogens is 1. The molecule has 3 rings (SSSR count). The number of hydrogen-bond acceptors (Lipinski definition) is 1. The van der Waals surface area contributed by atoms with Crippen molar-refractivity contribution in [2.24, 2.45) is 0 Å². The van der Waals surface area contributed by atoms with E-state index < -0.39 is 17.5 Å². The Morgan fingerprint density at radius 1 is 1.05 bits per heavy atom. The molecule has 21 heavy (non-hydrogen) atoms. The highest BCUT2D eigenvalue weighted by Crippen LogP contribution is 2.21. The van der Waals surface area contributed by atoms with E-state index in [4.69, 9.17) is 5.41 Å². The van der Waals surface area contributed by atoms with Gasteiger partial charge in [-0.3, -0.25) is 0 Å². The molecule has 0 radical (unpaired) electrons. The van der Waals surface area contributed by atoms with E-state index in [0.29, 0.717) is 5.56 Å². The fourth-order valence-corrected chi connectivity index (χ4v) is 2.41. The Hall–Kier alpha value is -2.56. The Balaban J connectivity index is 2.05. The van der Waals surface area contributed by atoms with E-state index in [-0.39, 0.29) is 6.54 Å². The number of nitrogens with zero attached hydrogens (tertiary/aromatic N) is 1. The van der Waals surface area contributed by atoms with Crippen molar-refractivity contribution in [3.05, 3.63) is 71.2 Å². The van der Waals surface area contributed by atoms with E-state index in [2.05, 4.69) is 0 Å². The van der Waals surface area contributed by atoms with Gasteiger partial charge >= 0.3 is 0 Å². The van der Waals surface area contributed by atoms with Gasteiger partial charge in [0.1, 0.15) is 0 Å². The van der Waals surface area contributed by atoms with Crippen molar-refractivity contribution in [2.75, 3.05) is 0 Å². The van der Waals surface area contributed by atoms with Gasteiger partial charge in [-0.1, -0.05) is 12.1 Å². The molecule has 0 aliphatic heterocycles. The summed E-state index contributed by atoms with van der Waals surface area (Å²) in [4.78, 5) is 0. The molecule has 0 atom stereocenters. The summed E-state index contributed by atoms with van der Waals surface area (Å²) in [5.41, 5.74) is 1.95. The van der Waals surface area contributed by atoms with Crippen molar-refractivity contribution in [1.29, 1.82) is 5.41 Å². The predicted octanol–water partition coefficient (Wildman–Crippen LogP) is 4.10. The van der Waals surface area contributed by atoms with Crippen molar-refractivity contribution >= 4 is 17.1 Å². The summed E-state index contributed by atoms with van der Waals surface area (Å²) in [5, 5.41) is 8.25. The van der Waals surface area contributed by atoms with Gasteiger partial charge in [0.15, 0.2) is 17.5 Å². The van der Waals surface area contributed by atoms with Crippen molar-refractivity contribution in [1.82, 2.24) is 4.57 Å². The minimum Gasteiger partial charge on any atom is -0.343 e. The van der Waals surface area contributed by atoms with E-state index in [9.17, 15) is 13.2 Å². The SMILES string of the molecule is N=Cc1cccc2c1ccn2Cc1cc(F)c(F)c(F)c1. The molecule has 5 heteroatoms. The fourth-order valence-electron chi connectivity index (χ4n) is 2.41. The van der Waals surface area contributed by atoms with Crippen molar-refractivity contribution in [3.63, 3.8) is 0 Å². The van der Waals surface area contributed by atoms with E-state index >= 15 is 0 Å². The van der Waals surface area contributed by atoms with Crippen LogP contribution in [-0.2, 0) is 6.54 Å². The molecule has 1 N–H and O–H groups in total. The van der Waals surface area contributed by atoms with Crippen LogP contribution < -0.4 is 0 Å². The number of rotatable bonds is 3. The number of halogens is 3. The van der Waals surface area contributed by atoms with Crippen LogP contribution in [0.15, 0.2) is 42.6 Å². The van der Waals surface area contributed by atoms with Crippen LogP contribution in [0.3, 0.4) is 0 Å². The van der Waals surface area contributed by atoms with Crippen LogP contribution >= 0.6 is 0 Å². The summed E-state index contributed by atoms with van der Waals surface area (Å²) in [6.45, 7) is 0.221. The first kappa shape index (κ1) is 13.4. The monoisotopic (exact) mass is 288 g/mol. The quantitative estimate of drug-likeness (QED) is 0.555. The zero-order chi connectivity index (χ0) is 15.0. The molecule has 0 saturated heterocycles. The van der Waals surface area contributed by atoms with Gasteiger partial charge in [0.2, 0.25) is 0 Å². The second-order valence-corrected chi connectivity index (χ2v) is 4.74. The smallest absolute Gasteiger partial charge is 0.194 e. The first-order chi connectivity index (χ1) is 10.1. The number of hydrogen-bond donors (Lipinski definition) is 1. The maximum absolute atomic E-state index is 13.2. The number of nitrogens with one attached hydrogen (secondary N) is 1. The maximum atomic E-state index is 13.2. The molecule has 0 spiro atoms. The summed E-state index contributed by atoms with van der Waals surface area (Å²) in [7, 11) is 0. The topological polar surface area (TPSA) is 28.8 Å². The molecule has 0 fully saturated rings. The summed E-state index contributed by atoms with van der Waals surface area (Å²) in [6.07, 6.45) is 3.03. The highest BCUT2D eigenvalue weighted by atomic mass is 19.2. The Labute approximate surface area is 119 Å². The van der Waals surface area contributed by atoms with E-state index in [1.165, 1.54) is 6.21 Å². The molecule has 0 amide bonds. The molecule has 1 aromatic heterocycles. The molecule has 0 aliphatic carbocycles. The van der Waals surface area contributed by atoms with Gasteiger partial charge in [0, 0.05) is 35.4 Å². The largest absolute Gasteiger partial charge is 0.343 e. The van der Waals surface area contributed by atoms with Crippen molar-refractivity contribution in [2.45, 2.75) is 6.54 Å². The molecule has 2 nitrogen and oxygen atoms in total. The Kier molecular flexibility index (Phi) is 3.25. The lowest BCUT2D eigenvalue weighted by molar-refractivity contribution is 0.445. The third-order valence-corrected chi connectivity index (χ3v) is 3.40. The molecule has 3 aromatic rings. The van der Waals surface area contributed by atoms with Crippen LogP contribution in [0.25, 0.3) is 10.9 Å². The third-order valence-electron chi connectivity index (χ3n) is 3.40. The van der Waals surface area contributed by atoms with Gasteiger partial charge < -0.3 is 9.98 Å². The summed E-state index contributed by atoms with van der Waals surface area (Å²) in [6, 6.07) is 9.31. The van der Waals surface area contributed by atoms with Crippen LogP contribution in [0.2, 0.25) is 0 Å². The lowest BCUT2D eigenvalue weighted by Crippen LogP contribution is -2.01. The van der Waals surface area contributed by atoms with Crippen molar-refractivity contribution in [3.8, 4) is 0 Å². The number of benzene rings is 2. The molecule has 0 bridgehead atoms. The third kappa shape index (κ3) is 2.31. The molecular weight excluding hydrogens is 277 g/mol. The first-order valence-electron chi connectivity index (χ1n) is 6.32. The van der Waals surface area contributed by atoms with E-state index in [1.54, 1.807) is 10.8 Å². The zero-order valence-corrected chi connectivity index (χ0v) is 10.9. The van der Waals surface area contributed by atoms with Gasteiger partial charge in [0.25, 0.3) is 0 Å². The standard InChI is InChI=1S/C16H11F3N2/c17-13-6-10(7-14(18)16(13)19)9-21-5-4-12-11(8-20)2-1-3-15(12)21/h1-8,20H,9H2. The molecular formula is C16H11F3N2. The minimum atomic E-state index is -1.46. The van der Waals surface area contributed by atoms with Crippen LogP contribution in [0.4, 0.5) is 13.2 Å². The van der Waals surface area contributed by atoms with E-state index in [1.807, 2.05) is 24.3 Å². The predicted molar refractivity (Wildman–Crippen MR) is 75.2 cm³/mol. The first-order valence-corrected chi connectivity index (χ1v) is 6.32. The van der Waals surface area contributed by atoms with Crippen LogP contribution in [-0.4, -0.2) is 10.8 Å². The van der Waals surface area contributed by atoms with E-state index in [0.717, 1.165) is 28.6 Å². The minimum absolute atomic E-state index is 0.221. The molecule has 2 aromatic carbocycles. The Morgan fingerprint density at radius 2 is 1.76 bits per heavy atom. The maximum Gasteiger partial charge on any atom is 0.194 e. The van der Waals surface area contributed by atoms with Gasteiger partial charge in [-0.15, -0.1) is 0 Å². The van der Waals surface area contributed by atoms with Crippen molar-refractivity contribution < 1.29 is 13.2 Å². The van der Waals surface area contributed by atoms with Crippen LogP contribution in [0.5, 0.6) is 0 Å². The van der Waals surface area contributed by atoms with Gasteiger partial charge in [-0.05, 0) is 29.8 Å². The Morgan fingerprint density at radius 3 is 2.43 bits per heavy atom. The number of fused-ring (bicyclic) bond motifs is 1. The van der Waals surface area contributed by atoms with Gasteiger partial charge in [-0.25, -0.2) is 13.2 Å². The summed E-state index contributed by atoms with van der Waals surface area (Å²) >= 11 is 0. The molecule has 0 unspecified atom stereocenters. The normalized spacial score (nSPS) is 11.0. The average molecular weight is 288 g/mol. The fraction of sp³-hybridized carbons (Fsp3) is 0.0625. The van der Waals surface area contributed by atoms with Crippen LogP contribution in [0, 0.1) is 22.9 Å². The molecule has 0 saturated carbocycles. The lowest BCUT2D eigenvalue weighted by atomic mass is 10.1. The average Bonchev–Trinajstić information content (AvgIpc) is 2.88. The summed E-state index contributed by atoms with van der Waals surface area (Å²) in [5.74, 6) is -3.84. The molecule has 0 aliphatic rings. The zero-order valence-electron chi connectivity index (χ0n) is 10.9. The molecule has 106 valence electrons. The van der Waals surface area contributed by atoms with Gasteiger partial charge in [0.05, 0.1) is 0 Å². The Bertz CT molecular complexity index is 814. The lowest BCUT2D eigenvalue weighted by Gasteiger charge is -2.07.